The first kappa shape index (κ1) is 22.8. The Morgan fingerprint density at radius 1 is 1.22 bits per heavy atom. The van der Waals surface area contributed by atoms with Gasteiger partial charge in [-0.1, -0.05) is 67.0 Å². The van der Waals surface area contributed by atoms with E-state index in [-0.39, 0.29) is 6.04 Å². The van der Waals surface area contributed by atoms with E-state index in [0.29, 0.717) is 17.7 Å². The molecule has 0 N–H and O–H groups in total. The van der Waals surface area contributed by atoms with Crippen molar-refractivity contribution in [1.29, 1.82) is 0 Å². The normalized spacial score (nSPS) is 18.0. The number of hydrogen-bond donors (Lipinski definition) is 0. The summed E-state index contributed by atoms with van der Waals surface area (Å²) in [6, 6.07) is 10.5. The fourth-order valence-corrected chi connectivity index (χ4v) is 2.92. The number of carbonyl (C=O) groups excluding carboxylic acids is 1. The summed E-state index contributed by atoms with van der Waals surface area (Å²) < 4.78 is 0. The van der Waals surface area contributed by atoms with Crippen LogP contribution in [0.4, 0.5) is 0 Å². The highest BCUT2D eigenvalue weighted by molar-refractivity contribution is 14.2. The van der Waals surface area contributed by atoms with Crippen molar-refractivity contribution in [3.05, 3.63) is 35.9 Å². The molecular weight excluding hydrogens is 417 g/mol. The lowest BCUT2D eigenvalue weighted by Crippen LogP contribution is -2.28. The van der Waals surface area contributed by atoms with Gasteiger partial charge in [-0.05, 0) is 58.2 Å². The Morgan fingerprint density at radius 2 is 1.74 bits per heavy atom. The second kappa shape index (κ2) is 13.1. The van der Waals surface area contributed by atoms with Gasteiger partial charge in [0.1, 0.15) is 0 Å². The standard InChI is InChI=1S/C16H23NO.C2H6.CH3IS/c1-12(2)9-14-10-16(18)17(11-14)13(3)15-7-5-4-6-8-15;1-2;1-3-2/h4-8,12-14H,9-11H2,1-3H3;1-2H3;1H3/t13-,14-;;/m0../s1. The molecule has 0 aromatic heterocycles. The van der Waals surface area contributed by atoms with Gasteiger partial charge in [0.05, 0.1) is 6.04 Å². The van der Waals surface area contributed by atoms with E-state index in [1.54, 1.807) is 8.93 Å². The van der Waals surface area contributed by atoms with Gasteiger partial charge in [0.2, 0.25) is 5.91 Å². The molecule has 2 atom stereocenters. The van der Waals surface area contributed by atoms with Crippen molar-refractivity contribution in [3.63, 3.8) is 0 Å². The van der Waals surface area contributed by atoms with Crippen LogP contribution in [0.3, 0.4) is 0 Å². The van der Waals surface area contributed by atoms with Crippen LogP contribution in [0.25, 0.3) is 0 Å². The fraction of sp³-hybridized carbons (Fsp3) is 0.632. The molecule has 2 nitrogen and oxygen atoms in total. The third-order valence-corrected chi connectivity index (χ3v) is 3.79. The van der Waals surface area contributed by atoms with Gasteiger partial charge in [0.15, 0.2) is 0 Å². The summed E-state index contributed by atoms with van der Waals surface area (Å²) in [7, 11) is 1.72. The topological polar surface area (TPSA) is 20.3 Å². The number of halogens is 1. The fourth-order valence-electron chi connectivity index (χ4n) is 2.92. The van der Waals surface area contributed by atoms with Gasteiger partial charge in [-0.25, -0.2) is 0 Å². The van der Waals surface area contributed by atoms with Crippen molar-refractivity contribution in [2.45, 2.75) is 53.5 Å². The zero-order valence-electron chi connectivity index (χ0n) is 15.4. The molecule has 1 fully saturated rings. The molecule has 0 unspecified atom stereocenters. The van der Waals surface area contributed by atoms with Gasteiger partial charge in [0, 0.05) is 13.0 Å². The Bertz CT molecular complexity index is 425. The van der Waals surface area contributed by atoms with E-state index in [2.05, 4.69) is 54.1 Å². The minimum atomic E-state index is 0.205. The second-order valence-electron chi connectivity index (χ2n) is 5.99. The van der Waals surface area contributed by atoms with E-state index in [1.807, 2.05) is 43.2 Å². The molecule has 0 spiro atoms. The quantitative estimate of drug-likeness (QED) is 0.498. The molecule has 1 aliphatic rings. The third kappa shape index (κ3) is 8.43. The van der Waals surface area contributed by atoms with Crippen molar-refractivity contribution in [1.82, 2.24) is 4.90 Å². The van der Waals surface area contributed by atoms with Gasteiger partial charge in [-0.3, -0.25) is 4.79 Å². The number of hydrogen-bond acceptors (Lipinski definition) is 2. The highest BCUT2D eigenvalue weighted by Gasteiger charge is 2.33. The van der Waals surface area contributed by atoms with Crippen molar-refractivity contribution < 1.29 is 4.79 Å². The lowest BCUT2D eigenvalue weighted by atomic mass is 9.96. The van der Waals surface area contributed by atoms with Crippen molar-refractivity contribution in [2.24, 2.45) is 11.8 Å². The molecule has 1 aromatic carbocycles. The first-order chi connectivity index (χ1) is 11.0. The first-order valence-electron chi connectivity index (χ1n) is 8.48. The minimum Gasteiger partial charge on any atom is -0.336 e. The number of benzene rings is 1. The first-order valence-corrected chi connectivity index (χ1v) is 12.3. The van der Waals surface area contributed by atoms with E-state index < -0.39 is 0 Å². The maximum absolute atomic E-state index is 12.1. The van der Waals surface area contributed by atoms with Crippen molar-refractivity contribution in [3.8, 4) is 0 Å². The molecule has 0 saturated carbocycles. The summed E-state index contributed by atoms with van der Waals surface area (Å²) in [5.74, 6) is 1.54. The van der Waals surface area contributed by atoms with Crippen LogP contribution in [-0.4, -0.2) is 23.6 Å². The molecule has 1 aromatic rings. The molecule has 1 amide bonds. The van der Waals surface area contributed by atoms with Crippen LogP contribution >= 0.6 is 30.1 Å². The zero-order valence-corrected chi connectivity index (χ0v) is 18.4. The molecule has 1 heterocycles. The average molecular weight is 449 g/mol. The van der Waals surface area contributed by atoms with Crippen LogP contribution in [-0.2, 0) is 4.79 Å². The lowest BCUT2D eigenvalue weighted by molar-refractivity contribution is -0.129. The molecule has 4 heteroatoms. The third-order valence-electron chi connectivity index (χ3n) is 3.79. The van der Waals surface area contributed by atoms with E-state index >= 15 is 0 Å². The summed E-state index contributed by atoms with van der Waals surface area (Å²) >= 11 is 2.20. The van der Waals surface area contributed by atoms with E-state index in [0.717, 1.165) is 19.4 Å². The van der Waals surface area contributed by atoms with Crippen molar-refractivity contribution >= 4 is 36.0 Å². The Balaban J connectivity index is 0.000000868. The van der Waals surface area contributed by atoms with E-state index in [4.69, 9.17) is 0 Å². The number of carbonyl (C=O) groups is 1. The van der Waals surface area contributed by atoms with Crippen LogP contribution in [0, 0.1) is 11.8 Å². The Kier molecular flexibility index (Phi) is 13.0. The van der Waals surface area contributed by atoms with Crippen LogP contribution < -0.4 is 0 Å². The maximum atomic E-state index is 12.1. The second-order valence-corrected chi connectivity index (χ2v) is 8.94. The van der Waals surface area contributed by atoms with Gasteiger partial charge in [-0.15, -0.1) is 0 Å². The molecule has 1 aliphatic heterocycles. The smallest absolute Gasteiger partial charge is 0.223 e. The highest BCUT2D eigenvalue weighted by atomic mass is 127. The largest absolute Gasteiger partial charge is 0.336 e. The summed E-state index contributed by atoms with van der Waals surface area (Å²) in [4.78, 5) is 14.2. The van der Waals surface area contributed by atoms with Crippen LogP contribution in [0.2, 0.25) is 0 Å². The van der Waals surface area contributed by atoms with Crippen LogP contribution in [0.15, 0.2) is 30.3 Å². The van der Waals surface area contributed by atoms with Gasteiger partial charge >= 0.3 is 0 Å². The molecule has 0 radical (unpaired) electrons. The summed E-state index contributed by atoms with van der Waals surface area (Å²) in [5.41, 5.74) is 1.23. The average Bonchev–Trinajstić information content (AvgIpc) is 2.90. The number of rotatable bonds is 4. The molecular formula is C19H32INOS. The molecule has 1 saturated heterocycles. The van der Waals surface area contributed by atoms with Gasteiger partial charge in [-0.2, -0.15) is 0 Å². The Hall–Kier alpha value is -0.230. The zero-order chi connectivity index (χ0) is 17.8. The van der Waals surface area contributed by atoms with E-state index in [9.17, 15) is 4.79 Å². The summed E-state index contributed by atoms with van der Waals surface area (Å²) in [5, 5.41) is 0. The maximum Gasteiger partial charge on any atom is 0.223 e. The van der Waals surface area contributed by atoms with Crippen LogP contribution in [0.5, 0.6) is 0 Å². The molecule has 132 valence electrons. The van der Waals surface area contributed by atoms with Crippen LogP contribution in [0.1, 0.15) is 59.1 Å². The number of amides is 1. The Labute approximate surface area is 159 Å². The minimum absolute atomic E-state index is 0.205. The summed E-state index contributed by atoms with van der Waals surface area (Å²) in [6.45, 7) is 11.5. The monoisotopic (exact) mass is 449 g/mol. The molecule has 23 heavy (non-hydrogen) atoms. The SMILES string of the molecule is CC.CC(C)C[C@H]1CC(=O)N([C@@H](C)c2ccccc2)C1.CSI. The highest BCUT2D eigenvalue weighted by Crippen LogP contribution is 2.31. The molecule has 2 rings (SSSR count). The predicted octanol–water partition coefficient (Wildman–Crippen LogP) is 6.37. The lowest BCUT2D eigenvalue weighted by Gasteiger charge is -2.25. The van der Waals surface area contributed by atoms with E-state index in [1.165, 1.54) is 5.56 Å². The Morgan fingerprint density at radius 3 is 2.22 bits per heavy atom. The summed E-state index contributed by atoms with van der Waals surface area (Å²) in [6.07, 6.45) is 3.92. The molecule has 0 bridgehead atoms. The number of likely N-dealkylation sites (tertiary alicyclic amines) is 1. The van der Waals surface area contributed by atoms with Gasteiger partial charge < -0.3 is 4.90 Å². The van der Waals surface area contributed by atoms with Gasteiger partial charge in [0.25, 0.3) is 0 Å². The van der Waals surface area contributed by atoms with Crippen molar-refractivity contribution in [2.75, 3.05) is 12.8 Å². The molecule has 0 aliphatic carbocycles. The number of nitrogens with zero attached hydrogens (tertiary/aromatic N) is 1. The predicted molar refractivity (Wildman–Crippen MR) is 113 cm³/mol.